The van der Waals surface area contributed by atoms with Crippen molar-refractivity contribution in [2.24, 2.45) is 4.99 Å². The van der Waals surface area contributed by atoms with Crippen molar-refractivity contribution in [1.29, 1.82) is 0 Å². The van der Waals surface area contributed by atoms with Crippen LogP contribution < -0.4 is 0 Å². The van der Waals surface area contributed by atoms with Gasteiger partial charge in [0.25, 0.3) is 0 Å². The van der Waals surface area contributed by atoms with Gasteiger partial charge in [-0.05, 0) is 49.7 Å². The zero-order valence-electron chi connectivity index (χ0n) is 18.1. The molecule has 0 radical (unpaired) electrons. The van der Waals surface area contributed by atoms with Gasteiger partial charge < -0.3 is 5.11 Å². The lowest BCUT2D eigenvalue weighted by Gasteiger charge is -2.21. The summed E-state index contributed by atoms with van der Waals surface area (Å²) in [4.78, 5) is 4.86. The third-order valence-corrected chi connectivity index (χ3v) is 7.00. The number of aromatic hydroxyl groups is 1. The van der Waals surface area contributed by atoms with Gasteiger partial charge in [0.15, 0.2) is 0 Å². The molecule has 0 unspecified atom stereocenters. The number of hydrogen-bond donors (Lipinski definition) is 1. The zero-order chi connectivity index (χ0) is 19.6. The lowest BCUT2D eigenvalue weighted by atomic mass is 9.85. The van der Waals surface area contributed by atoms with E-state index in [2.05, 4.69) is 19.1 Å². The molecule has 2 nitrogen and oxygen atoms in total. The molecule has 0 bridgehead atoms. The van der Waals surface area contributed by atoms with Gasteiger partial charge >= 0.3 is 0 Å². The SMILES string of the molecule is Cc1ccc(C2CCCCCCCCCCC2)c(O)c1C=NC1CCCCC1. The maximum absolute atomic E-state index is 11.1. The molecule has 0 atom stereocenters. The summed E-state index contributed by atoms with van der Waals surface area (Å²) >= 11 is 0. The fourth-order valence-electron chi connectivity index (χ4n) is 5.10. The molecule has 0 saturated heterocycles. The molecule has 2 aliphatic carbocycles. The van der Waals surface area contributed by atoms with E-state index in [-0.39, 0.29) is 0 Å². The summed E-state index contributed by atoms with van der Waals surface area (Å²) < 4.78 is 0. The van der Waals surface area contributed by atoms with Crippen LogP contribution in [0.15, 0.2) is 17.1 Å². The van der Waals surface area contributed by atoms with Crippen LogP contribution in [0.1, 0.15) is 125 Å². The topological polar surface area (TPSA) is 32.6 Å². The van der Waals surface area contributed by atoms with E-state index >= 15 is 0 Å². The summed E-state index contributed by atoms with van der Waals surface area (Å²) in [6.07, 6.45) is 23.1. The highest BCUT2D eigenvalue weighted by Gasteiger charge is 2.19. The van der Waals surface area contributed by atoms with Crippen LogP contribution in [0.25, 0.3) is 0 Å². The van der Waals surface area contributed by atoms with Gasteiger partial charge in [-0.25, -0.2) is 0 Å². The van der Waals surface area contributed by atoms with E-state index < -0.39 is 0 Å². The van der Waals surface area contributed by atoms with Crippen molar-refractivity contribution in [2.75, 3.05) is 0 Å². The van der Waals surface area contributed by atoms with Crippen LogP contribution in [0.5, 0.6) is 5.75 Å². The van der Waals surface area contributed by atoms with Gasteiger partial charge in [0, 0.05) is 17.8 Å². The van der Waals surface area contributed by atoms with Gasteiger partial charge in [0.2, 0.25) is 0 Å². The predicted molar refractivity (Wildman–Crippen MR) is 121 cm³/mol. The Balaban J connectivity index is 1.74. The van der Waals surface area contributed by atoms with E-state index in [1.807, 2.05) is 6.21 Å². The Morgan fingerprint density at radius 2 is 1.25 bits per heavy atom. The maximum Gasteiger partial charge on any atom is 0.128 e. The fourth-order valence-corrected chi connectivity index (χ4v) is 5.10. The molecule has 0 amide bonds. The van der Waals surface area contributed by atoms with Crippen molar-refractivity contribution in [3.63, 3.8) is 0 Å². The average molecular weight is 384 g/mol. The van der Waals surface area contributed by atoms with Crippen LogP contribution >= 0.6 is 0 Å². The van der Waals surface area contributed by atoms with E-state index in [1.165, 1.54) is 108 Å². The molecule has 0 aromatic heterocycles. The summed E-state index contributed by atoms with van der Waals surface area (Å²) in [5.41, 5.74) is 3.29. The molecule has 2 saturated carbocycles. The first-order valence-corrected chi connectivity index (χ1v) is 12.1. The maximum atomic E-state index is 11.1. The number of phenolic OH excluding ortho intramolecular Hbond substituents is 1. The average Bonchev–Trinajstić information content (AvgIpc) is 2.70. The van der Waals surface area contributed by atoms with E-state index in [0.29, 0.717) is 17.7 Å². The largest absolute Gasteiger partial charge is 0.507 e. The summed E-state index contributed by atoms with van der Waals surface area (Å²) in [6.45, 7) is 2.10. The summed E-state index contributed by atoms with van der Waals surface area (Å²) in [6, 6.07) is 4.85. The Labute approximate surface area is 172 Å². The van der Waals surface area contributed by atoms with Crippen LogP contribution in [-0.4, -0.2) is 17.4 Å². The van der Waals surface area contributed by atoms with Crippen LogP contribution in [0.3, 0.4) is 0 Å². The Bertz CT molecular complexity index is 603. The van der Waals surface area contributed by atoms with Crippen molar-refractivity contribution in [3.8, 4) is 5.75 Å². The number of nitrogens with zero attached hydrogens (tertiary/aromatic N) is 1. The minimum Gasteiger partial charge on any atom is -0.507 e. The van der Waals surface area contributed by atoms with Crippen molar-refractivity contribution in [2.45, 2.75) is 122 Å². The molecular weight excluding hydrogens is 342 g/mol. The molecule has 2 fully saturated rings. The standard InChI is InChI=1S/C26H41NO/c1-21-18-19-24(22-14-10-7-5-3-2-4-6-8-11-15-22)26(28)25(21)20-27-23-16-12-9-13-17-23/h18-20,22-23,28H,2-17H2,1H3. The number of rotatable bonds is 3. The van der Waals surface area contributed by atoms with Gasteiger partial charge in [-0.15, -0.1) is 0 Å². The highest BCUT2D eigenvalue weighted by Crippen LogP contribution is 2.37. The van der Waals surface area contributed by atoms with Crippen molar-refractivity contribution in [1.82, 2.24) is 0 Å². The molecule has 2 aliphatic rings. The first-order chi connectivity index (χ1) is 13.8. The first-order valence-electron chi connectivity index (χ1n) is 12.1. The van der Waals surface area contributed by atoms with Crippen LogP contribution in [0.4, 0.5) is 0 Å². The van der Waals surface area contributed by atoms with Crippen molar-refractivity contribution < 1.29 is 5.11 Å². The Kier molecular flexibility index (Phi) is 8.89. The molecule has 1 aromatic rings. The van der Waals surface area contributed by atoms with Gasteiger partial charge in [-0.3, -0.25) is 4.99 Å². The van der Waals surface area contributed by atoms with Crippen LogP contribution in [-0.2, 0) is 0 Å². The Hall–Kier alpha value is -1.31. The molecular formula is C26H41NO. The van der Waals surface area contributed by atoms with Gasteiger partial charge in [-0.2, -0.15) is 0 Å². The van der Waals surface area contributed by atoms with E-state index in [1.54, 1.807) is 0 Å². The lowest BCUT2D eigenvalue weighted by Crippen LogP contribution is -2.10. The van der Waals surface area contributed by atoms with Crippen molar-refractivity contribution in [3.05, 3.63) is 28.8 Å². The van der Waals surface area contributed by atoms with Crippen LogP contribution in [0.2, 0.25) is 0 Å². The van der Waals surface area contributed by atoms with Crippen LogP contribution in [0, 0.1) is 6.92 Å². The Morgan fingerprint density at radius 3 is 1.86 bits per heavy atom. The zero-order valence-corrected chi connectivity index (χ0v) is 18.1. The van der Waals surface area contributed by atoms with E-state index in [4.69, 9.17) is 4.99 Å². The van der Waals surface area contributed by atoms with Crippen molar-refractivity contribution >= 4 is 6.21 Å². The third-order valence-electron chi connectivity index (χ3n) is 7.00. The smallest absolute Gasteiger partial charge is 0.128 e. The molecule has 1 aromatic carbocycles. The highest BCUT2D eigenvalue weighted by atomic mass is 16.3. The number of aryl methyl sites for hydroxylation is 1. The van der Waals surface area contributed by atoms with E-state index in [0.717, 1.165) is 11.1 Å². The normalized spacial score (nSPS) is 22.0. The summed E-state index contributed by atoms with van der Waals surface area (Å²) in [5.74, 6) is 1.01. The van der Waals surface area contributed by atoms with Gasteiger partial charge in [-0.1, -0.05) is 89.2 Å². The summed E-state index contributed by atoms with van der Waals surface area (Å²) in [7, 11) is 0. The second-order valence-corrected chi connectivity index (χ2v) is 9.26. The molecule has 0 aliphatic heterocycles. The second-order valence-electron chi connectivity index (χ2n) is 9.26. The Morgan fingerprint density at radius 1 is 0.750 bits per heavy atom. The fraction of sp³-hybridized carbons (Fsp3) is 0.731. The summed E-state index contributed by atoms with van der Waals surface area (Å²) in [5, 5.41) is 11.1. The lowest BCUT2D eigenvalue weighted by molar-refractivity contribution is 0.431. The monoisotopic (exact) mass is 383 g/mol. The number of benzene rings is 1. The second kappa shape index (κ2) is 11.6. The van der Waals surface area contributed by atoms with E-state index in [9.17, 15) is 5.11 Å². The molecule has 28 heavy (non-hydrogen) atoms. The quantitative estimate of drug-likeness (QED) is 0.530. The minimum atomic E-state index is 0.456. The van der Waals surface area contributed by atoms with Gasteiger partial charge in [0.1, 0.15) is 5.75 Å². The molecule has 0 spiro atoms. The molecule has 3 rings (SSSR count). The first kappa shape index (κ1) is 21.4. The minimum absolute atomic E-state index is 0.456. The molecule has 2 heteroatoms. The predicted octanol–water partition coefficient (Wildman–Crippen LogP) is 7.84. The van der Waals surface area contributed by atoms with Gasteiger partial charge in [0.05, 0.1) is 0 Å². The third kappa shape index (κ3) is 6.36. The molecule has 0 heterocycles. The molecule has 156 valence electrons. The number of hydrogen-bond acceptors (Lipinski definition) is 2. The number of phenols is 1. The number of aliphatic imine (C=N–C) groups is 1. The highest BCUT2D eigenvalue weighted by molar-refractivity contribution is 5.86. The molecule has 1 N–H and O–H groups in total.